The SMILES string of the molecule is CCCCC(C(=O)O)S(=O)(=O)N(Cc1ccccc1)c1ccccc1. The molecule has 1 unspecified atom stereocenters. The lowest BCUT2D eigenvalue weighted by atomic mass is 10.2. The van der Waals surface area contributed by atoms with Gasteiger partial charge in [-0.15, -0.1) is 0 Å². The Balaban J connectivity index is 2.44. The maximum Gasteiger partial charge on any atom is 0.323 e. The van der Waals surface area contributed by atoms with Crippen LogP contribution in [0.4, 0.5) is 5.69 Å². The van der Waals surface area contributed by atoms with Crippen LogP contribution in [-0.2, 0) is 21.4 Å². The minimum absolute atomic E-state index is 0.100. The summed E-state index contributed by atoms with van der Waals surface area (Å²) >= 11 is 0. The molecule has 0 aliphatic carbocycles. The predicted octanol–water partition coefficient (Wildman–Crippen LogP) is 3.67. The number of hydrogen-bond donors (Lipinski definition) is 1. The number of para-hydroxylation sites is 1. The van der Waals surface area contributed by atoms with Crippen molar-refractivity contribution in [1.29, 1.82) is 0 Å². The van der Waals surface area contributed by atoms with Crippen molar-refractivity contribution in [2.45, 2.75) is 38.0 Å². The first kappa shape index (κ1) is 19.0. The number of sulfonamides is 1. The average molecular weight is 361 g/mol. The molecule has 0 radical (unpaired) electrons. The van der Waals surface area contributed by atoms with E-state index in [4.69, 9.17) is 0 Å². The third-order valence-electron chi connectivity index (χ3n) is 3.98. The molecule has 0 aliphatic heterocycles. The molecule has 0 aromatic heterocycles. The van der Waals surface area contributed by atoms with Crippen LogP contribution in [0.1, 0.15) is 31.7 Å². The van der Waals surface area contributed by atoms with Crippen molar-refractivity contribution in [2.24, 2.45) is 0 Å². The van der Waals surface area contributed by atoms with E-state index in [9.17, 15) is 18.3 Å². The van der Waals surface area contributed by atoms with Gasteiger partial charge in [0.2, 0.25) is 10.0 Å². The Morgan fingerprint density at radius 2 is 1.60 bits per heavy atom. The molecule has 2 rings (SSSR count). The van der Waals surface area contributed by atoms with Crippen LogP contribution >= 0.6 is 0 Å². The lowest BCUT2D eigenvalue weighted by Crippen LogP contribution is -2.42. The zero-order valence-corrected chi connectivity index (χ0v) is 15.0. The molecule has 0 saturated heterocycles. The van der Waals surface area contributed by atoms with Gasteiger partial charge in [0.05, 0.1) is 12.2 Å². The molecule has 0 spiro atoms. The standard InChI is InChI=1S/C19H23NO4S/c1-2-3-14-18(19(21)22)25(23,24)20(17-12-8-5-9-13-17)15-16-10-6-4-7-11-16/h4-13,18H,2-3,14-15H2,1H3,(H,21,22). The Morgan fingerprint density at radius 3 is 2.12 bits per heavy atom. The summed E-state index contributed by atoms with van der Waals surface area (Å²) in [6.45, 7) is 2.01. The lowest BCUT2D eigenvalue weighted by Gasteiger charge is -2.28. The quantitative estimate of drug-likeness (QED) is 0.739. The van der Waals surface area contributed by atoms with Crippen molar-refractivity contribution in [1.82, 2.24) is 0 Å². The van der Waals surface area contributed by atoms with E-state index in [0.717, 1.165) is 12.0 Å². The van der Waals surface area contributed by atoms with E-state index in [2.05, 4.69) is 0 Å². The number of rotatable bonds is 9. The van der Waals surface area contributed by atoms with Gasteiger partial charge in [0, 0.05) is 0 Å². The molecular formula is C19H23NO4S. The molecule has 1 atom stereocenters. The van der Waals surface area contributed by atoms with Crippen LogP contribution in [0.2, 0.25) is 0 Å². The molecular weight excluding hydrogens is 338 g/mol. The monoisotopic (exact) mass is 361 g/mol. The van der Waals surface area contributed by atoms with E-state index >= 15 is 0 Å². The Kier molecular flexibility index (Phi) is 6.58. The summed E-state index contributed by atoms with van der Waals surface area (Å²) in [7, 11) is -4.05. The number of nitrogens with zero attached hydrogens (tertiary/aromatic N) is 1. The van der Waals surface area contributed by atoms with Crippen LogP contribution < -0.4 is 4.31 Å². The van der Waals surface area contributed by atoms with Crippen LogP contribution in [0.25, 0.3) is 0 Å². The molecule has 5 nitrogen and oxygen atoms in total. The van der Waals surface area contributed by atoms with E-state index in [1.165, 1.54) is 4.31 Å². The van der Waals surface area contributed by atoms with Crippen molar-refractivity contribution in [3.8, 4) is 0 Å². The fourth-order valence-electron chi connectivity index (χ4n) is 2.61. The molecule has 2 aromatic carbocycles. The molecule has 0 amide bonds. The first-order valence-corrected chi connectivity index (χ1v) is 9.80. The van der Waals surface area contributed by atoms with Gasteiger partial charge < -0.3 is 5.11 Å². The number of carboxylic acids is 1. The maximum atomic E-state index is 13.1. The average Bonchev–Trinajstić information content (AvgIpc) is 2.61. The van der Waals surface area contributed by atoms with Crippen LogP contribution in [0.5, 0.6) is 0 Å². The summed E-state index contributed by atoms with van der Waals surface area (Å²) in [5.74, 6) is -1.30. The highest BCUT2D eigenvalue weighted by molar-refractivity contribution is 7.94. The summed E-state index contributed by atoms with van der Waals surface area (Å²) in [5.41, 5.74) is 1.27. The maximum absolute atomic E-state index is 13.1. The Morgan fingerprint density at radius 1 is 1.04 bits per heavy atom. The second kappa shape index (κ2) is 8.67. The van der Waals surface area contributed by atoms with E-state index < -0.39 is 21.2 Å². The fraction of sp³-hybridized carbons (Fsp3) is 0.316. The van der Waals surface area contributed by atoms with Gasteiger partial charge in [-0.05, 0) is 24.1 Å². The first-order chi connectivity index (χ1) is 12.0. The van der Waals surface area contributed by atoms with Gasteiger partial charge >= 0.3 is 5.97 Å². The number of aliphatic carboxylic acids is 1. The fourth-order valence-corrected chi connectivity index (χ4v) is 4.39. The van der Waals surface area contributed by atoms with Gasteiger partial charge in [-0.3, -0.25) is 9.10 Å². The zero-order chi connectivity index (χ0) is 18.3. The molecule has 6 heteroatoms. The number of hydrogen-bond acceptors (Lipinski definition) is 3. The first-order valence-electron chi connectivity index (χ1n) is 8.30. The van der Waals surface area contributed by atoms with Crippen LogP contribution in [0.15, 0.2) is 60.7 Å². The Bertz CT molecular complexity index is 776. The minimum Gasteiger partial charge on any atom is -0.480 e. The largest absolute Gasteiger partial charge is 0.480 e. The summed E-state index contributed by atoms with van der Waals surface area (Å²) in [6.07, 6.45) is 1.39. The van der Waals surface area contributed by atoms with Crippen LogP contribution in [0.3, 0.4) is 0 Å². The third-order valence-corrected chi connectivity index (χ3v) is 6.09. The number of carboxylic acid groups (broad SMARTS) is 1. The van der Waals surface area contributed by atoms with Crippen molar-refractivity contribution < 1.29 is 18.3 Å². The normalized spacial score (nSPS) is 12.5. The van der Waals surface area contributed by atoms with Gasteiger partial charge in [0.25, 0.3) is 0 Å². The van der Waals surface area contributed by atoms with E-state index in [1.54, 1.807) is 30.3 Å². The molecule has 0 aliphatic rings. The summed E-state index contributed by atoms with van der Waals surface area (Å²) < 4.78 is 27.5. The van der Waals surface area contributed by atoms with Crippen molar-refractivity contribution in [2.75, 3.05) is 4.31 Å². The highest BCUT2D eigenvalue weighted by Crippen LogP contribution is 2.25. The summed E-state index contributed by atoms with van der Waals surface area (Å²) in [6, 6.07) is 17.8. The molecule has 2 aromatic rings. The predicted molar refractivity (Wildman–Crippen MR) is 98.9 cm³/mol. The smallest absolute Gasteiger partial charge is 0.323 e. The number of unbranched alkanes of at least 4 members (excludes halogenated alkanes) is 1. The highest BCUT2D eigenvalue weighted by Gasteiger charge is 2.37. The van der Waals surface area contributed by atoms with Gasteiger partial charge in [0.15, 0.2) is 5.25 Å². The van der Waals surface area contributed by atoms with Gasteiger partial charge in [-0.25, -0.2) is 8.42 Å². The molecule has 1 N–H and O–H groups in total. The van der Waals surface area contributed by atoms with Crippen molar-refractivity contribution >= 4 is 21.7 Å². The van der Waals surface area contributed by atoms with E-state index in [1.807, 2.05) is 37.3 Å². The second-order valence-corrected chi connectivity index (χ2v) is 7.88. The minimum atomic E-state index is -4.05. The van der Waals surface area contributed by atoms with E-state index in [0.29, 0.717) is 12.1 Å². The lowest BCUT2D eigenvalue weighted by molar-refractivity contribution is -0.136. The number of benzene rings is 2. The third kappa shape index (κ3) is 4.82. The van der Waals surface area contributed by atoms with Gasteiger partial charge in [0.1, 0.15) is 0 Å². The molecule has 0 heterocycles. The highest BCUT2D eigenvalue weighted by atomic mass is 32.2. The van der Waals surface area contributed by atoms with Crippen molar-refractivity contribution in [3.63, 3.8) is 0 Å². The second-order valence-electron chi connectivity index (χ2n) is 5.84. The molecule has 0 saturated carbocycles. The number of carbonyl (C=O) groups is 1. The topological polar surface area (TPSA) is 74.7 Å². The zero-order valence-electron chi connectivity index (χ0n) is 14.2. The number of anilines is 1. The molecule has 25 heavy (non-hydrogen) atoms. The summed E-state index contributed by atoms with van der Waals surface area (Å²) in [5, 5.41) is 8.04. The molecule has 0 fully saturated rings. The summed E-state index contributed by atoms with van der Waals surface area (Å²) in [4.78, 5) is 11.6. The Hall–Kier alpha value is -2.34. The van der Waals surface area contributed by atoms with Gasteiger partial charge in [-0.2, -0.15) is 0 Å². The molecule has 134 valence electrons. The van der Waals surface area contributed by atoms with E-state index in [-0.39, 0.29) is 13.0 Å². The Labute approximate surface area is 149 Å². The molecule has 0 bridgehead atoms. The van der Waals surface area contributed by atoms with Crippen LogP contribution in [0, 0.1) is 0 Å². The van der Waals surface area contributed by atoms with Crippen molar-refractivity contribution in [3.05, 3.63) is 66.2 Å². The van der Waals surface area contributed by atoms with Gasteiger partial charge in [-0.1, -0.05) is 68.3 Å². The van der Waals surface area contributed by atoms with Crippen LogP contribution in [-0.4, -0.2) is 24.7 Å².